The van der Waals surface area contributed by atoms with Gasteiger partial charge in [-0.25, -0.2) is 0 Å². The Morgan fingerprint density at radius 3 is 2.69 bits per heavy atom. The molecule has 1 amide bonds. The third kappa shape index (κ3) is 4.68. The van der Waals surface area contributed by atoms with E-state index in [1.165, 1.54) is 4.90 Å². The Kier molecular flexibility index (Phi) is 6.38. The number of halogens is 1. The Morgan fingerprint density at radius 1 is 1.27 bits per heavy atom. The van der Waals surface area contributed by atoms with E-state index in [1.807, 2.05) is 13.0 Å². The number of carbonyl (C=O) groups excluding carboxylic acids is 1. The zero-order chi connectivity index (χ0) is 18.5. The van der Waals surface area contributed by atoms with Crippen LogP contribution < -0.4 is 10.2 Å². The van der Waals surface area contributed by atoms with Crippen LogP contribution in [0.3, 0.4) is 0 Å². The first-order valence-corrected chi connectivity index (χ1v) is 10.4. The van der Waals surface area contributed by atoms with Crippen molar-refractivity contribution in [3.63, 3.8) is 0 Å². The van der Waals surface area contributed by atoms with Crippen molar-refractivity contribution in [2.45, 2.75) is 30.7 Å². The number of rotatable bonds is 5. The van der Waals surface area contributed by atoms with E-state index in [-0.39, 0.29) is 17.9 Å². The summed E-state index contributed by atoms with van der Waals surface area (Å²) in [6.45, 7) is 3.56. The number of piperidine rings is 1. The number of anilines is 1. The minimum Gasteiger partial charge on any atom is -0.354 e. The van der Waals surface area contributed by atoms with Gasteiger partial charge in [0.15, 0.2) is 11.0 Å². The molecule has 0 bridgehead atoms. The Bertz CT molecular complexity index is 738. The maximum atomic E-state index is 12.7. The second kappa shape index (κ2) is 8.73. The lowest BCUT2D eigenvalue weighted by molar-refractivity contribution is -0.125. The SMILES string of the molecule is CSc1ccc([C@H](C)NC(=O)[C@@H]2CCCN(c3ccc(Cl)nn3)C2)cc1. The van der Waals surface area contributed by atoms with Gasteiger partial charge in [0.1, 0.15) is 0 Å². The van der Waals surface area contributed by atoms with Crippen molar-refractivity contribution in [3.8, 4) is 0 Å². The molecule has 7 heteroatoms. The third-order valence-corrected chi connectivity index (χ3v) is 5.65. The second-order valence-corrected chi connectivity index (χ2v) is 7.77. The predicted molar refractivity (Wildman–Crippen MR) is 107 cm³/mol. The molecular weight excluding hydrogens is 368 g/mol. The summed E-state index contributed by atoms with van der Waals surface area (Å²) in [5, 5.41) is 11.6. The molecule has 0 spiro atoms. The van der Waals surface area contributed by atoms with Gasteiger partial charge in [-0.05, 0) is 55.9 Å². The van der Waals surface area contributed by atoms with Crippen molar-refractivity contribution in [2.24, 2.45) is 5.92 Å². The van der Waals surface area contributed by atoms with Crippen molar-refractivity contribution in [2.75, 3.05) is 24.2 Å². The lowest BCUT2D eigenvalue weighted by Crippen LogP contribution is -2.44. The molecule has 1 fully saturated rings. The highest BCUT2D eigenvalue weighted by Gasteiger charge is 2.27. The average molecular weight is 391 g/mol. The summed E-state index contributed by atoms with van der Waals surface area (Å²) in [6.07, 6.45) is 3.90. The second-order valence-electron chi connectivity index (χ2n) is 6.50. The molecule has 1 aliphatic heterocycles. The van der Waals surface area contributed by atoms with Gasteiger partial charge in [0.05, 0.1) is 12.0 Å². The molecule has 1 N–H and O–H groups in total. The zero-order valence-corrected chi connectivity index (χ0v) is 16.6. The van der Waals surface area contributed by atoms with Crippen LogP contribution in [-0.4, -0.2) is 35.4 Å². The number of hydrogen-bond acceptors (Lipinski definition) is 5. The summed E-state index contributed by atoms with van der Waals surface area (Å²) in [4.78, 5) is 16.1. The average Bonchev–Trinajstić information content (AvgIpc) is 2.68. The molecule has 0 saturated carbocycles. The number of thioether (sulfide) groups is 1. The van der Waals surface area contributed by atoms with E-state index in [2.05, 4.69) is 50.9 Å². The summed E-state index contributed by atoms with van der Waals surface area (Å²) < 4.78 is 0. The fraction of sp³-hybridized carbons (Fsp3) is 0.421. The molecule has 1 saturated heterocycles. The number of aromatic nitrogens is 2. The van der Waals surface area contributed by atoms with Crippen LogP contribution >= 0.6 is 23.4 Å². The van der Waals surface area contributed by atoms with Crippen molar-refractivity contribution >= 4 is 35.1 Å². The Morgan fingerprint density at radius 2 is 2.04 bits per heavy atom. The van der Waals surface area contributed by atoms with Gasteiger partial charge in [-0.1, -0.05) is 23.7 Å². The monoisotopic (exact) mass is 390 g/mol. The summed E-state index contributed by atoms with van der Waals surface area (Å²) >= 11 is 7.52. The van der Waals surface area contributed by atoms with Crippen molar-refractivity contribution in [1.82, 2.24) is 15.5 Å². The van der Waals surface area contributed by atoms with Crippen molar-refractivity contribution in [1.29, 1.82) is 0 Å². The fourth-order valence-corrected chi connectivity index (χ4v) is 3.69. The molecule has 1 aromatic heterocycles. The van der Waals surface area contributed by atoms with E-state index >= 15 is 0 Å². The number of benzene rings is 1. The normalized spacial score (nSPS) is 18.4. The number of nitrogens with zero attached hydrogens (tertiary/aromatic N) is 3. The van der Waals surface area contributed by atoms with Crippen LogP contribution in [0.15, 0.2) is 41.3 Å². The smallest absolute Gasteiger partial charge is 0.225 e. The molecule has 138 valence electrons. The maximum absolute atomic E-state index is 12.7. The molecule has 0 radical (unpaired) electrons. The summed E-state index contributed by atoms with van der Waals surface area (Å²) in [7, 11) is 0. The van der Waals surface area contributed by atoms with Gasteiger partial charge in [0, 0.05) is 18.0 Å². The van der Waals surface area contributed by atoms with E-state index in [0.717, 1.165) is 30.8 Å². The van der Waals surface area contributed by atoms with Gasteiger partial charge in [0.2, 0.25) is 5.91 Å². The minimum absolute atomic E-state index is 0.0101. The molecule has 5 nitrogen and oxygen atoms in total. The predicted octanol–water partition coefficient (Wildman–Crippen LogP) is 3.95. The van der Waals surface area contributed by atoms with Crippen LogP contribution in [0.4, 0.5) is 5.82 Å². The first-order valence-electron chi connectivity index (χ1n) is 8.75. The van der Waals surface area contributed by atoms with Crippen LogP contribution in [0, 0.1) is 5.92 Å². The molecule has 26 heavy (non-hydrogen) atoms. The molecule has 0 unspecified atom stereocenters. The molecule has 2 atom stereocenters. The first kappa shape index (κ1) is 19.0. The molecule has 1 aromatic carbocycles. The highest BCUT2D eigenvalue weighted by Crippen LogP contribution is 2.24. The molecule has 3 rings (SSSR count). The van der Waals surface area contributed by atoms with Crippen LogP contribution in [0.5, 0.6) is 0 Å². The van der Waals surface area contributed by atoms with Gasteiger partial charge in [-0.3, -0.25) is 4.79 Å². The van der Waals surface area contributed by atoms with Crippen molar-refractivity contribution in [3.05, 3.63) is 47.1 Å². The van der Waals surface area contributed by atoms with Crippen LogP contribution in [0.2, 0.25) is 5.15 Å². The highest BCUT2D eigenvalue weighted by atomic mass is 35.5. The van der Waals surface area contributed by atoms with Gasteiger partial charge in [-0.2, -0.15) is 0 Å². The zero-order valence-electron chi connectivity index (χ0n) is 15.0. The summed E-state index contributed by atoms with van der Waals surface area (Å²) in [5.74, 6) is 0.819. The lowest BCUT2D eigenvalue weighted by Gasteiger charge is -2.33. The van der Waals surface area contributed by atoms with E-state index in [9.17, 15) is 4.79 Å². The molecular formula is C19H23ClN4OS. The third-order valence-electron chi connectivity index (χ3n) is 4.71. The number of nitrogens with one attached hydrogen (secondary N) is 1. The number of amides is 1. The standard InChI is InChI=1S/C19H23ClN4OS/c1-13(14-5-7-16(26-2)8-6-14)21-19(25)15-4-3-11-24(12-15)18-10-9-17(20)22-23-18/h5-10,13,15H,3-4,11-12H2,1-2H3,(H,21,25)/t13-,15+/m0/s1. The molecule has 1 aliphatic rings. The number of hydrogen-bond donors (Lipinski definition) is 1. The first-order chi connectivity index (χ1) is 12.6. The topological polar surface area (TPSA) is 58.1 Å². The highest BCUT2D eigenvalue weighted by molar-refractivity contribution is 7.98. The van der Waals surface area contributed by atoms with Crippen LogP contribution in [-0.2, 0) is 4.79 Å². The lowest BCUT2D eigenvalue weighted by atomic mass is 9.96. The van der Waals surface area contributed by atoms with Gasteiger partial charge in [0.25, 0.3) is 0 Å². The largest absolute Gasteiger partial charge is 0.354 e. The quantitative estimate of drug-likeness (QED) is 0.783. The van der Waals surface area contributed by atoms with E-state index < -0.39 is 0 Å². The molecule has 0 aliphatic carbocycles. The van der Waals surface area contributed by atoms with E-state index in [4.69, 9.17) is 11.6 Å². The van der Waals surface area contributed by atoms with E-state index in [0.29, 0.717) is 11.7 Å². The molecule has 2 aromatic rings. The maximum Gasteiger partial charge on any atom is 0.225 e. The Labute approximate surface area is 163 Å². The van der Waals surface area contributed by atoms with Gasteiger partial charge in [-0.15, -0.1) is 22.0 Å². The van der Waals surface area contributed by atoms with Crippen LogP contribution in [0.1, 0.15) is 31.4 Å². The minimum atomic E-state index is -0.0471. The molecule has 2 heterocycles. The fourth-order valence-electron chi connectivity index (χ4n) is 3.18. The Hall–Kier alpha value is -1.79. The van der Waals surface area contributed by atoms with E-state index in [1.54, 1.807) is 17.8 Å². The van der Waals surface area contributed by atoms with Crippen LogP contribution in [0.25, 0.3) is 0 Å². The number of carbonyl (C=O) groups is 1. The summed E-state index contributed by atoms with van der Waals surface area (Å²) in [5.41, 5.74) is 1.12. The van der Waals surface area contributed by atoms with Crippen molar-refractivity contribution < 1.29 is 4.79 Å². The van der Waals surface area contributed by atoms with Gasteiger partial charge >= 0.3 is 0 Å². The Balaban J connectivity index is 1.60. The van der Waals surface area contributed by atoms with Gasteiger partial charge < -0.3 is 10.2 Å². The summed E-state index contributed by atoms with van der Waals surface area (Å²) in [6, 6.07) is 11.9.